The van der Waals surface area contributed by atoms with Gasteiger partial charge in [-0.15, -0.1) is 0 Å². The van der Waals surface area contributed by atoms with Crippen molar-refractivity contribution in [3.63, 3.8) is 0 Å². The minimum Gasteiger partial charge on any atom is -0.497 e. The molecule has 0 atom stereocenters. The molecule has 0 fully saturated rings. The summed E-state index contributed by atoms with van der Waals surface area (Å²) in [5.74, 6) is 8.03. The molecule has 0 unspecified atom stereocenters. The average Bonchev–Trinajstić information content (AvgIpc) is 2.90. The smallest absolute Gasteiger partial charge is 0.146 e. The molecule has 0 radical (unpaired) electrons. The maximum Gasteiger partial charge on any atom is 0.146 e. The first-order chi connectivity index (χ1) is 11.1. The van der Waals surface area contributed by atoms with Gasteiger partial charge in [0, 0.05) is 24.9 Å². The highest BCUT2D eigenvalue weighted by molar-refractivity contribution is 5.92. The minimum atomic E-state index is 0.420. The van der Waals surface area contributed by atoms with Crippen molar-refractivity contribution in [2.75, 3.05) is 20.0 Å². The zero-order chi connectivity index (χ0) is 16.4. The zero-order valence-electron chi connectivity index (χ0n) is 13.1. The number of hydrogen-bond acceptors (Lipinski definition) is 5. The SMILES string of the molecule is COc1cc(C#Cc2cn(C)c3ncnc(N)c23)cc(OC)c1. The van der Waals surface area contributed by atoms with Crippen molar-refractivity contribution in [2.45, 2.75) is 0 Å². The first kappa shape index (κ1) is 14.7. The zero-order valence-corrected chi connectivity index (χ0v) is 13.1. The highest BCUT2D eigenvalue weighted by Gasteiger charge is 2.09. The number of benzene rings is 1. The Bertz CT molecular complexity index is 913. The van der Waals surface area contributed by atoms with Gasteiger partial charge in [0.2, 0.25) is 0 Å². The molecule has 0 aliphatic rings. The van der Waals surface area contributed by atoms with Crippen LogP contribution in [0.1, 0.15) is 11.1 Å². The molecule has 0 bridgehead atoms. The van der Waals surface area contributed by atoms with Gasteiger partial charge in [0.15, 0.2) is 0 Å². The van der Waals surface area contributed by atoms with Crippen LogP contribution in [0.25, 0.3) is 11.0 Å². The third kappa shape index (κ3) is 2.77. The first-order valence-corrected chi connectivity index (χ1v) is 6.93. The molecule has 0 aliphatic heterocycles. The Labute approximate surface area is 133 Å². The van der Waals surface area contributed by atoms with Gasteiger partial charge in [0.05, 0.1) is 25.2 Å². The van der Waals surface area contributed by atoms with Gasteiger partial charge in [-0.3, -0.25) is 0 Å². The number of nitrogens with zero attached hydrogens (tertiary/aromatic N) is 3. The Balaban J connectivity index is 2.09. The molecule has 0 spiro atoms. The van der Waals surface area contributed by atoms with Crippen LogP contribution in [-0.4, -0.2) is 28.8 Å². The summed E-state index contributed by atoms with van der Waals surface area (Å²) in [6.07, 6.45) is 3.34. The number of nitrogen functional groups attached to an aromatic ring is 1. The van der Waals surface area contributed by atoms with Crippen molar-refractivity contribution < 1.29 is 9.47 Å². The number of ether oxygens (including phenoxy) is 2. The molecule has 3 aromatic rings. The lowest BCUT2D eigenvalue weighted by molar-refractivity contribution is 0.394. The van der Waals surface area contributed by atoms with Crippen LogP contribution in [-0.2, 0) is 7.05 Å². The van der Waals surface area contributed by atoms with Crippen molar-refractivity contribution >= 4 is 16.9 Å². The number of anilines is 1. The standard InChI is InChI=1S/C17H16N4O2/c1-21-9-12(15-16(18)19-10-20-17(15)21)5-4-11-6-13(22-2)8-14(7-11)23-3/h6-10H,1-3H3,(H2,18,19,20). The van der Waals surface area contributed by atoms with E-state index in [2.05, 4.69) is 21.8 Å². The van der Waals surface area contributed by atoms with Crippen molar-refractivity contribution in [1.29, 1.82) is 0 Å². The molecule has 0 saturated carbocycles. The molecule has 3 rings (SSSR count). The van der Waals surface area contributed by atoms with E-state index in [1.807, 2.05) is 29.9 Å². The number of methoxy groups -OCH3 is 2. The molecule has 23 heavy (non-hydrogen) atoms. The lowest BCUT2D eigenvalue weighted by atomic mass is 10.1. The summed E-state index contributed by atoms with van der Waals surface area (Å²) in [7, 11) is 5.11. The van der Waals surface area contributed by atoms with Gasteiger partial charge in [0.25, 0.3) is 0 Å². The van der Waals surface area contributed by atoms with E-state index in [-0.39, 0.29) is 0 Å². The Morgan fingerprint density at radius 1 is 1.04 bits per heavy atom. The molecule has 2 heterocycles. The van der Waals surface area contributed by atoms with Gasteiger partial charge in [0.1, 0.15) is 29.3 Å². The number of aromatic nitrogens is 3. The number of fused-ring (bicyclic) bond motifs is 1. The summed E-state index contributed by atoms with van der Waals surface area (Å²) in [4.78, 5) is 8.27. The number of hydrogen-bond donors (Lipinski definition) is 1. The Hall–Kier alpha value is -3.20. The predicted molar refractivity (Wildman–Crippen MR) is 88.4 cm³/mol. The fourth-order valence-electron chi connectivity index (χ4n) is 2.35. The van der Waals surface area contributed by atoms with Crippen molar-refractivity contribution in [3.05, 3.63) is 41.9 Å². The highest BCUT2D eigenvalue weighted by Crippen LogP contribution is 2.24. The predicted octanol–water partition coefficient (Wildman–Crippen LogP) is 1.97. The number of nitrogens with two attached hydrogens (primary N) is 1. The quantitative estimate of drug-likeness (QED) is 0.733. The average molecular weight is 308 g/mol. The van der Waals surface area contributed by atoms with Crippen molar-refractivity contribution in [2.24, 2.45) is 7.05 Å². The van der Waals surface area contributed by atoms with Gasteiger partial charge in [-0.05, 0) is 12.1 Å². The topological polar surface area (TPSA) is 75.2 Å². The van der Waals surface area contributed by atoms with E-state index in [1.165, 1.54) is 6.33 Å². The van der Waals surface area contributed by atoms with Gasteiger partial charge < -0.3 is 19.8 Å². The molecule has 2 N–H and O–H groups in total. The largest absolute Gasteiger partial charge is 0.497 e. The molecule has 0 saturated heterocycles. The molecule has 6 nitrogen and oxygen atoms in total. The summed E-state index contributed by atoms with van der Waals surface area (Å²) >= 11 is 0. The van der Waals surface area contributed by atoms with Gasteiger partial charge in [-0.25, -0.2) is 9.97 Å². The lowest BCUT2D eigenvalue weighted by Crippen LogP contribution is -1.94. The summed E-state index contributed by atoms with van der Waals surface area (Å²) in [5, 5.41) is 0.761. The van der Waals surface area contributed by atoms with E-state index >= 15 is 0 Å². The van der Waals surface area contributed by atoms with Crippen LogP contribution in [0.2, 0.25) is 0 Å². The fourth-order valence-corrected chi connectivity index (χ4v) is 2.35. The monoisotopic (exact) mass is 308 g/mol. The Kier molecular flexibility index (Phi) is 3.77. The number of rotatable bonds is 2. The van der Waals surface area contributed by atoms with Crippen LogP contribution < -0.4 is 15.2 Å². The lowest BCUT2D eigenvalue weighted by Gasteiger charge is -2.04. The maximum atomic E-state index is 5.96. The van der Waals surface area contributed by atoms with E-state index in [4.69, 9.17) is 15.2 Å². The first-order valence-electron chi connectivity index (χ1n) is 6.93. The van der Waals surface area contributed by atoms with Gasteiger partial charge >= 0.3 is 0 Å². The molecule has 1 aromatic carbocycles. The molecule has 2 aromatic heterocycles. The van der Waals surface area contributed by atoms with Crippen LogP contribution in [0.5, 0.6) is 11.5 Å². The fraction of sp³-hybridized carbons (Fsp3) is 0.176. The second-order valence-electron chi connectivity index (χ2n) is 4.96. The molecule has 6 heteroatoms. The van der Waals surface area contributed by atoms with E-state index in [9.17, 15) is 0 Å². The molecular formula is C17H16N4O2. The molecule has 0 aliphatic carbocycles. The van der Waals surface area contributed by atoms with E-state index < -0.39 is 0 Å². The summed E-state index contributed by atoms with van der Waals surface area (Å²) < 4.78 is 12.4. The van der Waals surface area contributed by atoms with Crippen LogP contribution in [0.3, 0.4) is 0 Å². The van der Waals surface area contributed by atoms with Crippen molar-refractivity contribution in [1.82, 2.24) is 14.5 Å². The van der Waals surface area contributed by atoms with Crippen LogP contribution >= 0.6 is 0 Å². The summed E-state index contributed by atoms with van der Waals surface area (Å²) in [6, 6.07) is 5.50. The summed E-state index contributed by atoms with van der Waals surface area (Å²) in [5.41, 5.74) is 8.28. The normalized spacial score (nSPS) is 10.2. The summed E-state index contributed by atoms with van der Waals surface area (Å²) in [6.45, 7) is 0. The van der Waals surface area contributed by atoms with E-state index in [0.717, 1.165) is 22.2 Å². The molecule has 0 amide bonds. The van der Waals surface area contributed by atoms with Crippen molar-refractivity contribution in [3.8, 4) is 23.3 Å². The third-order valence-electron chi connectivity index (χ3n) is 3.48. The Morgan fingerprint density at radius 3 is 2.39 bits per heavy atom. The highest BCUT2D eigenvalue weighted by atomic mass is 16.5. The second kappa shape index (κ2) is 5.89. The molecule has 116 valence electrons. The maximum absolute atomic E-state index is 5.96. The van der Waals surface area contributed by atoms with Gasteiger partial charge in [-0.1, -0.05) is 11.8 Å². The molecular weight excluding hydrogens is 292 g/mol. The van der Waals surface area contributed by atoms with Gasteiger partial charge in [-0.2, -0.15) is 0 Å². The van der Waals surface area contributed by atoms with E-state index in [1.54, 1.807) is 20.3 Å². The van der Waals surface area contributed by atoms with Crippen LogP contribution in [0, 0.1) is 11.8 Å². The minimum absolute atomic E-state index is 0.420. The Morgan fingerprint density at radius 2 is 1.74 bits per heavy atom. The second-order valence-corrected chi connectivity index (χ2v) is 4.96. The van der Waals surface area contributed by atoms with E-state index in [0.29, 0.717) is 17.3 Å². The third-order valence-corrected chi connectivity index (χ3v) is 3.48. The number of aryl methyl sites for hydroxylation is 1. The van der Waals surface area contributed by atoms with Crippen LogP contribution in [0.4, 0.5) is 5.82 Å². The van der Waals surface area contributed by atoms with Crippen LogP contribution in [0.15, 0.2) is 30.7 Å².